The molecule has 0 radical (unpaired) electrons. The van der Waals surface area contributed by atoms with Crippen molar-refractivity contribution in [1.29, 1.82) is 0 Å². The molecule has 4 rings (SSSR count). The highest BCUT2D eigenvalue weighted by atomic mass is 32.2. The fourth-order valence-corrected chi connectivity index (χ4v) is 7.55. The molecule has 37 heavy (non-hydrogen) atoms. The number of carbonyl (C=O) groups excluding carboxylic acids is 1. The third kappa shape index (κ3) is 5.98. The van der Waals surface area contributed by atoms with Crippen molar-refractivity contribution in [2.45, 2.75) is 81.8 Å². The average Bonchev–Trinajstić information content (AvgIpc) is 3.71. The number of aromatic nitrogens is 2. The van der Waals surface area contributed by atoms with Crippen molar-refractivity contribution in [3.8, 4) is 11.4 Å². The van der Waals surface area contributed by atoms with Gasteiger partial charge in [-0.1, -0.05) is 19.8 Å². The van der Waals surface area contributed by atoms with Gasteiger partial charge < -0.3 is 20.2 Å². The number of carbonyl (C=O) groups is 1. The molecule has 1 saturated carbocycles. The smallest absolute Gasteiger partial charge is 0.164 e. The van der Waals surface area contributed by atoms with Gasteiger partial charge in [0, 0.05) is 30.3 Å². The van der Waals surface area contributed by atoms with E-state index in [0.29, 0.717) is 68.6 Å². The van der Waals surface area contributed by atoms with Crippen LogP contribution in [0.4, 0.5) is 11.5 Å². The van der Waals surface area contributed by atoms with E-state index in [1.807, 2.05) is 37.3 Å². The molecule has 1 aliphatic heterocycles. The van der Waals surface area contributed by atoms with Crippen molar-refractivity contribution < 1.29 is 17.9 Å². The first-order chi connectivity index (χ1) is 17.7. The molecule has 2 unspecified atom stereocenters. The van der Waals surface area contributed by atoms with Crippen molar-refractivity contribution in [3.05, 3.63) is 36.0 Å². The largest absolute Gasteiger partial charge is 0.399 e. The van der Waals surface area contributed by atoms with Gasteiger partial charge in [-0.05, 0) is 69.7 Å². The molecule has 2 aliphatic rings. The number of nitrogen functional groups attached to an aromatic ring is 1. The van der Waals surface area contributed by atoms with Crippen LogP contribution in [0.1, 0.15) is 71.4 Å². The lowest BCUT2D eigenvalue weighted by atomic mass is 9.99. The highest BCUT2D eigenvalue weighted by molar-refractivity contribution is 7.93. The molecular weight excluding hydrogens is 488 g/mol. The van der Waals surface area contributed by atoms with Crippen LogP contribution in [-0.2, 0) is 24.1 Å². The molecule has 202 valence electrons. The van der Waals surface area contributed by atoms with E-state index in [-0.39, 0.29) is 6.04 Å². The van der Waals surface area contributed by atoms with Crippen molar-refractivity contribution in [2.24, 2.45) is 5.92 Å². The van der Waals surface area contributed by atoms with Crippen molar-refractivity contribution in [2.75, 3.05) is 30.4 Å². The number of sulfone groups is 1. The first kappa shape index (κ1) is 27.5. The van der Waals surface area contributed by atoms with Crippen LogP contribution in [-0.4, -0.2) is 55.7 Å². The van der Waals surface area contributed by atoms with Gasteiger partial charge in [0.15, 0.2) is 15.7 Å². The molecule has 3 atom stereocenters. The third-order valence-corrected chi connectivity index (χ3v) is 10.9. The maximum atomic E-state index is 14.0. The Labute approximate surface area is 220 Å². The van der Waals surface area contributed by atoms with Crippen molar-refractivity contribution >= 4 is 27.6 Å². The van der Waals surface area contributed by atoms with Gasteiger partial charge in [0.1, 0.15) is 16.9 Å². The van der Waals surface area contributed by atoms with E-state index < -0.39 is 19.8 Å². The van der Waals surface area contributed by atoms with E-state index in [9.17, 15) is 13.2 Å². The minimum Gasteiger partial charge on any atom is -0.399 e. The molecule has 2 fully saturated rings. The second kappa shape index (κ2) is 11.5. The first-order valence-electron chi connectivity index (χ1n) is 13.4. The maximum Gasteiger partial charge on any atom is 0.164 e. The van der Waals surface area contributed by atoms with Crippen molar-refractivity contribution in [3.63, 3.8) is 0 Å². The zero-order valence-electron chi connectivity index (χ0n) is 22.2. The number of morpholine rings is 1. The number of nitrogens with two attached hydrogens (primary N) is 1. The summed E-state index contributed by atoms with van der Waals surface area (Å²) in [6, 6.07) is 9.39. The predicted octanol–water partition coefficient (Wildman–Crippen LogP) is 4.53. The molecule has 9 heteroatoms. The van der Waals surface area contributed by atoms with Gasteiger partial charge in [0.05, 0.1) is 30.2 Å². The molecule has 1 aliphatic carbocycles. The zero-order valence-corrected chi connectivity index (χ0v) is 23.0. The molecule has 2 N–H and O–H groups in total. The number of nitrogens with zero attached hydrogens (tertiary/aromatic N) is 3. The van der Waals surface area contributed by atoms with E-state index in [2.05, 4.69) is 18.7 Å². The van der Waals surface area contributed by atoms with Gasteiger partial charge in [-0.3, -0.25) is 0 Å². The number of benzene rings is 1. The number of hydrogen-bond acceptors (Lipinski definition) is 8. The number of rotatable bonds is 12. The van der Waals surface area contributed by atoms with Crippen LogP contribution in [0.2, 0.25) is 0 Å². The molecule has 1 saturated heterocycles. The second-order valence-electron chi connectivity index (χ2n) is 10.8. The molecule has 2 aromatic rings. The first-order valence-corrected chi connectivity index (χ1v) is 15.0. The molecular formula is C28H40N4O4S. The Balaban J connectivity index is 1.63. The lowest BCUT2D eigenvalue weighted by Gasteiger charge is -2.35. The SMILES string of the molecule is CC(CCC=O)CCCC(C)S(=O)(=O)C1(c2cc(N3CCOC[C@@H]3C)nc(-c3ccc(N)cc3)n2)CC1. The summed E-state index contributed by atoms with van der Waals surface area (Å²) in [5.41, 5.74) is 7.95. The summed E-state index contributed by atoms with van der Waals surface area (Å²) in [7, 11) is -3.47. The van der Waals surface area contributed by atoms with E-state index in [4.69, 9.17) is 20.4 Å². The van der Waals surface area contributed by atoms with Crippen LogP contribution in [0.5, 0.6) is 0 Å². The van der Waals surface area contributed by atoms with Gasteiger partial charge in [0.25, 0.3) is 0 Å². The quantitative estimate of drug-likeness (QED) is 0.316. The number of aldehydes is 1. The highest BCUT2D eigenvalue weighted by Gasteiger charge is 2.58. The van der Waals surface area contributed by atoms with Gasteiger partial charge in [0.2, 0.25) is 0 Å². The molecule has 1 aromatic heterocycles. The van der Waals surface area contributed by atoms with E-state index in [1.165, 1.54) is 0 Å². The van der Waals surface area contributed by atoms with E-state index in [1.54, 1.807) is 0 Å². The Morgan fingerprint density at radius 3 is 2.54 bits per heavy atom. The zero-order chi connectivity index (χ0) is 26.6. The molecule has 2 heterocycles. The summed E-state index contributed by atoms with van der Waals surface area (Å²) >= 11 is 0. The highest BCUT2D eigenvalue weighted by Crippen LogP contribution is 2.54. The van der Waals surface area contributed by atoms with Crippen LogP contribution >= 0.6 is 0 Å². The Bertz CT molecular complexity index is 1180. The predicted molar refractivity (Wildman–Crippen MR) is 147 cm³/mol. The Morgan fingerprint density at radius 2 is 1.89 bits per heavy atom. The molecule has 0 bridgehead atoms. The average molecular weight is 529 g/mol. The summed E-state index contributed by atoms with van der Waals surface area (Å²) in [6.07, 6.45) is 5.88. The molecule has 0 spiro atoms. The topological polar surface area (TPSA) is 115 Å². The number of ether oxygens (including phenoxy) is 1. The van der Waals surface area contributed by atoms with Gasteiger partial charge >= 0.3 is 0 Å². The number of anilines is 2. The summed E-state index contributed by atoms with van der Waals surface area (Å²) in [4.78, 5) is 22.5. The summed E-state index contributed by atoms with van der Waals surface area (Å²) in [5.74, 6) is 1.67. The lowest BCUT2D eigenvalue weighted by Crippen LogP contribution is -2.44. The molecule has 1 aromatic carbocycles. The van der Waals surface area contributed by atoms with Crippen LogP contribution in [0.3, 0.4) is 0 Å². The molecule has 0 amide bonds. The summed E-state index contributed by atoms with van der Waals surface area (Å²) in [5, 5.41) is -0.464. The third-order valence-electron chi connectivity index (χ3n) is 7.87. The Hall–Kier alpha value is -2.52. The van der Waals surface area contributed by atoms with Crippen molar-refractivity contribution in [1.82, 2.24) is 9.97 Å². The Morgan fingerprint density at radius 1 is 1.16 bits per heavy atom. The summed E-state index contributed by atoms with van der Waals surface area (Å²) in [6.45, 7) is 7.94. The molecule has 8 nitrogen and oxygen atoms in total. The van der Waals surface area contributed by atoms with E-state index >= 15 is 0 Å². The van der Waals surface area contributed by atoms with Crippen LogP contribution in [0.25, 0.3) is 11.4 Å². The van der Waals surface area contributed by atoms with E-state index in [0.717, 1.165) is 36.9 Å². The second-order valence-corrected chi connectivity index (χ2v) is 13.5. The summed E-state index contributed by atoms with van der Waals surface area (Å²) < 4.78 is 32.6. The minimum atomic E-state index is -3.47. The minimum absolute atomic E-state index is 0.127. The number of hydrogen-bond donors (Lipinski definition) is 1. The monoisotopic (exact) mass is 528 g/mol. The lowest BCUT2D eigenvalue weighted by molar-refractivity contribution is -0.108. The van der Waals surface area contributed by atoms with Gasteiger partial charge in [-0.25, -0.2) is 18.4 Å². The van der Waals surface area contributed by atoms with Crippen LogP contribution in [0.15, 0.2) is 30.3 Å². The fourth-order valence-electron chi connectivity index (χ4n) is 5.23. The Kier molecular flexibility index (Phi) is 8.53. The normalized spacial score (nSPS) is 20.8. The standard InChI is InChI=1S/C28H40N4O4S/c1-20(7-5-16-33)6-4-8-22(3)37(34,35)28(13-14-28)25-18-26(32-15-17-36-19-21(32)2)31-27(30-25)23-9-11-24(29)12-10-23/h9-12,16,18,20-22H,4-8,13-15,17,19,29H2,1-3H3/t20?,21-,22?/m0/s1. The fraction of sp³-hybridized carbons (Fsp3) is 0.607. The van der Waals surface area contributed by atoms with Gasteiger partial charge in [-0.15, -0.1) is 0 Å². The van der Waals surface area contributed by atoms with Crippen LogP contribution in [0, 0.1) is 5.92 Å². The van der Waals surface area contributed by atoms with Gasteiger partial charge in [-0.2, -0.15) is 0 Å². The maximum absolute atomic E-state index is 14.0. The van der Waals surface area contributed by atoms with Crippen LogP contribution < -0.4 is 10.6 Å².